The first-order valence-electron chi connectivity index (χ1n) is 5.52. The smallest absolute Gasteiger partial charge is 0.246 e. The Morgan fingerprint density at radius 3 is 3.19 bits per heavy atom. The maximum Gasteiger partial charge on any atom is 0.246 e. The molecule has 0 aromatic carbocycles. The van der Waals surface area contributed by atoms with Crippen molar-refractivity contribution in [2.75, 3.05) is 13.1 Å². The highest BCUT2D eigenvalue weighted by molar-refractivity contribution is 7.10. The summed E-state index contributed by atoms with van der Waals surface area (Å²) in [6.45, 7) is 1.52. The van der Waals surface area contributed by atoms with E-state index in [1.54, 1.807) is 17.4 Å². The van der Waals surface area contributed by atoms with Gasteiger partial charge in [0.25, 0.3) is 0 Å². The van der Waals surface area contributed by atoms with Gasteiger partial charge in [0.15, 0.2) is 0 Å². The van der Waals surface area contributed by atoms with E-state index in [2.05, 4.69) is 0 Å². The first-order chi connectivity index (χ1) is 7.75. The summed E-state index contributed by atoms with van der Waals surface area (Å²) >= 11 is 1.63. The molecule has 3 nitrogen and oxygen atoms in total. The molecule has 1 aliphatic heterocycles. The van der Waals surface area contributed by atoms with Crippen LogP contribution < -0.4 is 5.73 Å². The summed E-state index contributed by atoms with van der Waals surface area (Å²) in [5.74, 6) is 0.0727. The zero-order valence-electron chi connectivity index (χ0n) is 9.13. The molecule has 0 spiro atoms. The maximum atomic E-state index is 11.8. The zero-order chi connectivity index (χ0) is 11.4. The summed E-state index contributed by atoms with van der Waals surface area (Å²) < 4.78 is 0. The minimum absolute atomic E-state index is 0.0727. The van der Waals surface area contributed by atoms with Crippen molar-refractivity contribution in [1.82, 2.24) is 4.90 Å². The van der Waals surface area contributed by atoms with Crippen molar-refractivity contribution >= 4 is 23.3 Å². The van der Waals surface area contributed by atoms with Crippen molar-refractivity contribution in [1.29, 1.82) is 0 Å². The van der Waals surface area contributed by atoms with Crippen LogP contribution in [-0.4, -0.2) is 29.9 Å². The molecule has 0 aliphatic carbocycles. The fraction of sp³-hybridized carbons (Fsp3) is 0.417. The van der Waals surface area contributed by atoms with Gasteiger partial charge in [-0.25, -0.2) is 0 Å². The molecule has 0 saturated carbocycles. The van der Waals surface area contributed by atoms with Crippen molar-refractivity contribution in [2.45, 2.75) is 18.9 Å². The molecule has 1 aliphatic rings. The van der Waals surface area contributed by atoms with Crippen LogP contribution in [0, 0.1) is 0 Å². The number of likely N-dealkylation sites (tertiary alicyclic amines) is 1. The number of hydrogen-bond acceptors (Lipinski definition) is 3. The predicted octanol–water partition coefficient (Wildman–Crippen LogP) is 1.71. The van der Waals surface area contributed by atoms with E-state index >= 15 is 0 Å². The van der Waals surface area contributed by atoms with Gasteiger partial charge in [0.05, 0.1) is 0 Å². The van der Waals surface area contributed by atoms with Crippen LogP contribution in [0.1, 0.15) is 17.7 Å². The third-order valence-corrected chi connectivity index (χ3v) is 3.54. The first-order valence-corrected chi connectivity index (χ1v) is 6.40. The minimum atomic E-state index is 0.0727. The van der Waals surface area contributed by atoms with Gasteiger partial charge in [-0.15, -0.1) is 11.3 Å². The highest BCUT2D eigenvalue weighted by Crippen LogP contribution is 2.12. The minimum Gasteiger partial charge on any atom is -0.338 e. The molecule has 16 heavy (non-hydrogen) atoms. The number of thiophene rings is 1. The van der Waals surface area contributed by atoms with Gasteiger partial charge in [-0.2, -0.15) is 0 Å². The van der Waals surface area contributed by atoms with Gasteiger partial charge in [-0.05, 0) is 30.4 Å². The summed E-state index contributed by atoms with van der Waals surface area (Å²) in [6.07, 6.45) is 5.55. The second-order valence-electron chi connectivity index (χ2n) is 4.04. The van der Waals surface area contributed by atoms with Crippen molar-refractivity contribution in [3.05, 3.63) is 28.5 Å². The lowest BCUT2D eigenvalue weighted by atomic mass is 10.1. The SMILES string of the molecule is NC1CCCN(C(=O)C=Cc2cccs2)C1. The van der Waals surface area contributed by atoms with Crippen LogP contribution in [0.2, 0.25) is 0 Å². The fourth-order valence-corrected chi connectivity index (χ4v) is 2.47. The molecular formula is C12H16N2OS. The fourth-order valence-electron chi connectivity index (χ4n) is 1.86. The molecule has 1 aromatic heterocycles. The lowest BCUT2D eigenvalue weighted by Crippen LogP contribution is -2.45. The number of rotatable bonds is 2. The number of amides is 1. The molecule has 1 aromatic rings. The van der Waals surface area contributed by atoms with Crippen LogP contribution in [-0.2, 0) is 4.79 Å². The summed E-state index contributed by atoms with van der Waals surface area (Å²) in [7, 11) is 0. The molecule has 2 N–H and O–H groups in total. The predicted molar refractivity (Wildman–Crippen MR) is 67.1 cm³/mol. The number of piperidine rings is 1. The quantitative estimate of drug-likeness (QED) is 0.795. The molecule has 4 heteroatoms. The molecule has 1 amide bonds. The van der Waals surface area contributed by atoms with E-state index in [-0.39, 0.29) is 11.9 Å². The molecular weight excluding hydrogens is 220 g/mol. The van der Waals surface area contributed by atoms with Gasteiger partial charge >= 0.3 is 0 Å². The van der Waals surface area contributed by atoms with Crippen molar-refractivity contribution in [3.63, 3.8) is 0 Å². The third kappa shape index (κ3) is 2.93. The standard InChI is InChI=1S/C12H16N2OS/c13-10-3-1-7-14(9-10)12(15)6-5-11-4-2-8-16-11/h2,4-6,8,10H,1,3,7,9,13H2. The van der Waals surface area contributed by atoms with E-state index in [0.29, 0.717) is 6.54 Å². The van der Waals surface area contributed by atoms with Crippen LogP contribution in [0.15, 0.2) is 23.6 Å². The summed E-state index contributed by atoms with van der Waals surface area (Å²) in [5.41, 5.74) is 5.84. The molecule has 86 valence electrons. The van der Waals surface area contributed by atoms with Gasteiger partial charge in [0, 0.05) is 30.1 Å². The highest BCUT2D eigenvalue weighted by atomic mass is 32.1. The number of carbonyl (C=O) groups is 1. The number of nitrogens with zero attached hydrogens (tertiary/aromatic N) is 1. The Morgan fingerprint density at radius 1 is 1.62 bits per heavy atom. The first kappa shape index (κ1) is 11.4. The largest absolute Gasteiger partial charge is 0.338 e. The van der Waals surface area contributed by atoms with Gasteiger partial charge in [-0.1, -0.05) is 6.07 Å². The topological polar surface area (TPSA) is 46.3 Å². The molecule has 1 atom stereocenters. The normalized spacial score (nSPS) is 21.6. The average molecular weight is 236 g/mol. The van der Waals surface area contributed by atoms with Crippen LogP contribution in [0.5, 0.6) is 0 Å². The highest BCUT2D eigenvalue weighted by Gasteiger charge is 2.19. The average Bonchev–Trinajstić information content (AvgIpc) is 2.78. The molecule has 2 heterocycles. The molecule has 2 rings (SSSR count). The van der Waals surface area contributed by atoms with Crippen LogP contribution in [0.25, 0.3) is 6.08 Å². The second kappa shape index (κ2) is 5.27. The number of hydrogen-bond donors (Lipinski definition) is 1. The Kier molecular flexibility index (Phi) is 3.74. The van der Waals surface area contributed by atoms with Crippen LogP contribution in [0.3, 0.4) is 0 Å². The molecule has 0 bridgehead atoms. The van der Waals surface area contributed by atoms with E-state index in [1.165, 1.54) is 0 Å². The number of carbonyl (C=O) groups excluding carboxylic acids is 1. The van der Waals surface area contributed by atoms with Crippen molar-refractivity contribution < 1.29 is 4.79 Å². The van der Waals surface area contributed by atoms with Crippen LogP contribution >= 0.6 is 11.3 Å². The molecule has 1 unspecified atom stereocenters. The maximum absolute atomic E-state index is 11.8. The van der Waals surface area contributed by atoms with Gasteiger partial charge in [-0.3, -0.25) is 4.79 Å². The molecule has 0 radical (unpaired) electrons. The van der Waals surface area contributed by atoms with E-state index in [1.807, 2.05) is 28.5 Å². The lowest BCUT2D eigenvalue weighted by Gasteiger charge is -2.29. The van der Waals surface area contributed by atoms with E-state index in [0.717, 1.165) is 24.3 Å². The van der Waals surface area contributed by atoms with E-state index < -0.39 is 0 Å². The van der Waals surface area contributed by atoms with Gasteiger partial charge < -0.3 is 10.6 Å². The summed E-state index contributed by atoms with van der Waals surface area (Å²) in [5, 5.41) is 2.00. The lowest BCUT2D eigenvalue weighted by molar-refractivity contribution is -0.127. The second-order valence-corrected chi connectivity index (χ2v) is 5.01. The Balaban J connectivity index is 1.92. The number of nitrogens with two attached hydrogens (primary N) is 1. The van der Waals surface area contributed by atoms with Gasteiger partial charge in [0.1, 0.15) is 0 Å². The Bertz CT molecular complexity index is 372. The molecule has 1 saturated heterocycles. The Labute approximate surface area is 99.6 Å². The summed E-state index contributed by atoms with van der Waals surface area (Å²) in [6, 6.07) is 4.12. The van der Waals surface area contributed by atoms with Crippen molar-refractivity contribution in [3.8, 4) is 0 Å². The van der Waals surface area contributed by atoms with Gasteiger partial charge in [0.2, 0.25) is 5.91 Å². The van der Waals surface area contributed by atoms with Crippen molar-refractivity contribution in [2.24, 2.45) is 5.73 Å². The summed E-state index contributed by atoms with van der Waals surface area (Å²) in [4.78, 5) is 14.8. The Hall–Kier alpha value is -1.13. The van der Waals surface area contributed by atoms with Crippen LogP contribution in [0.4, 0.5) is 0 Å². The third-order valence-electron chi connectivity index (χ3n) is 2.70. The zero-order valence-corrected chi connectivity index (χ0v) is 9.95. The van der Waals surface area contributed by atoms with E-state index in [9.17, 15) is 4.79 Å². The molecule has 1 fully saturated rings. The van der Waals surface area contributed by atoms with E-state index in [4.69, 9.17) is 5.73 Å². The monoisotopic (exact) mass is 236 g/mol. The Morgan fingerprint density at radius 2 is 2.50 bits per heavy atom.